The van der Waals surface area contributed by atoms with Gasteiger partial charge in [0.05, 0.1) is 18.1 Å². The number of morpholine rings is 1. The Morgan fingerprint density at radius 1 is 1.13 bits per heavy atom. The molecule has 0 bridgehead atoms. The monoisotopic (exact) mass is 433 g/mol. The summed E-state index contributed by atoms with van der Waals surface area (Å²) in [6.07, 6.45) is -0.857. The van der Waals surface area contributed by atoms with E-state index in [0.717, 1.165) is 0 Å². The van der Waals surface area contributed by atoms with Gasteiger partial charge in [-0.15, -0.1) is 0 Å². The van der Waals surface area contributed by atoms with Crippen LogP contribution in [-0.2, 0) is 19.6 Å². The lowest BCUT2D eigenvalue weighted by Gasteiger charge is -2.26. The first-order valence-electron chi connectivity index (χ1n) is 9.33. The predicted molar refractivity (Wildman–Crippen MR) is 110 cm³/mol. The Bertz CT molecular complexity index is 1020. The van der Waals surface area contributed by atoms with Crippen molar-refractivity contribution in [2.75, 3.05) is 31.6 Å². The van der Waals surface area contributed by atoms with Crippen LogP contribution in [0.1, 0.15) is 17.3 Å². The van der Waals surface area contributed by atoms with Crippen LogP contribution in [0.4, 0.5) is 5.69 Å². The van der Waals surface area contributed by atoms with Gasteiger partial charge < -0.3 is 20.5 Å². The largest absolute Gasteiger partial charge is 0.481 e. The SMILES string of the molecule is C[C@H](Oc1ccc(C(N)=O)cc1)C(=O)Nc1cccc(S(=O)(=O)N2CCOCC2)c1. The molecule has 0 unspecified atom stereocenters. The zero-order valence-electron chi connectivity index (χ0n) is 16.4. The number of rotatable bonds is 7. The fraction of sp³-hybridized carbons (Fsp3) is 0.300. The lowest BCUT2D eigenvalue weighted by Crippen LogP contribution is -2.40. The number of primary amides is 1. The van der Waals surface area contributed by atoms with Crippen LogP contribution in [0.15, 0.2) is 53.4 Å². The van der Waals surface area contributed by atoms with Gasteiger partial charge in [0.2, 0.25) is 15.9 Å². The van der Waals surface area contributed by atoms with E-state index >= 15 is 0 Å². The number of nitrogens with zero attached hydrogens (tertiary/aromatic N) is 1. The molecule has 10 heteroatoms. The Balaban J connectivity index is 1.66. The van der Waals surface area contributed by atoms with Crippen molar-refractivity contribution in [1.29, 1.82) is 0 Å². The lowest BCUT2D eigenvalue weighted by atomic mass is 10.2. The fourth-order valence-electron chi connectivity index (χ4n) is 2.87. The molecule has 0 aliphatic carbocycles. The number of ether oxygens (including phenoxy) is 2. The van der Waals surface area contributed by atoms with Gasteiger partial charge in [-0.2, -0.15) is 4.31 Å². The highest BCUT2D eigenvalue weighted by molar-refractivity contribution is 7.89. The van der Waals surface area contributed by atoms with Crippen LogP contribution in [0.3, 0.4) is 0 Å². The minimum absolute atomic E-state index is 0.0952. The molecule has 2 aromatic rings. The maximum atomic E-state index is 12.8. The van der Waals surface area contributed by atoms with Gasteiger partial charge in [-0.25, -0.2) is 8.42 Å². The van der Waals surface area contributed by atoms with Gasteiger partial charge >= 0.3 is 0 Å². The van der Waals surface area contributed by atoms with Crippen LogP contribution in [-0.4, -0.2) is 56.9 Å². The molecule has 3 rings (SSSR count). The van der Waals surface area contributed by atoms with Crippen LogP contribution < -0.4 is 15.8 Å². The third kappa shape index (κ3) is 5.15. The van der Waals surface area contributed by atoms with Crippen molar-refractivity contribution in [3.8, 4) is 5.75 Å². The van der Waals surface area contributed by atoms with Crippen molar-refractivity contribution < 1.29 is 27.5 Å². The van der Waals surface area contributed by atoms with E-state index in [-0.39, 0.29) is 4.90 Å². The summed E-state index contributed by atoms with van der Waals surface area (Å²) in [4.78, 5) is 23.7. The zero-order valence-corrected chi connectivity index (χ0v) is 17.2. The molecule has 0 aromatic heterocycles. The highest BCUT2D eigenvalue weighted by Crippen LogP contribution is 2.21. The van der Waals surface area contributed by atoms with E-state index in [1.165, 1.54) is 28.6 Å². The topological polar surface area (TPSA) is 128 Å². The smallest absolute Gasteiger partial charge is 0.265 e. The second-order valence-electron chi connectivity index (χ2n) is 6.68. The highest BCUT2D eigenvalue weighted by Gasteiger charge is 2.26. The van der Waals surface area contributed by atoms with Crippen LogP contribution >= 0.6 is 0 Å². The maximum absolute atomic E-state index is 12.8. The van der Waals surface area contributed by atoms with Crippen molar-refractivity contribution >= 4 is 27.5 Å². The molecular weight excluding hydrogens is 410 g/mol. The van der Waals surface area contributed by atoms with Crippen molar-refractivity contribution in [1.82, 2.24) is 4.31 Å². The first kappa shape index (κ1) is 21.8. The highest BCUT2D eigenvalue weighted by atomic mass is 32.2. The Kier molecular flexibility index (Phi) is 6.70. The van der Waals surface area contributed by atoms with Crippen LogP contribution in [0.25, 0.3) is 0 Å². The zero-order chi connectivity index (χ0) is 21.7. The average molecular weight is 433 g/mol. The molecule has 1 saturated heterocycles. The third-order valence-electron chi connectivity index (χ3n) is 4.53. The van der Waals surface area contributed by atoms with Gasteiger partial charge in [0.15, 0.2) is 6.10 Å². The van der Waals surface area contributed by atoms with Gasteiger partial charge in [-0.3, -0.25) is 9.59 Å². The number of carbonyl (C=O) groups excluding carboxylic acids is 2. The number of hydrogen-bond donors (Lipinski definition) is 2. The van der Waals surface area contributed by atoms with E-state index in [9.17, 15) is 18.0 Å². The summed E-state index contributed by atoms with van der Waals surface area (Å²) in [6.45, 7) is 2.85. The second-order valence-corrected chi connectivity index (χ2v) is 8.62. The molecule has 2 amide bonds. The molecule has 0 radical (unpaired) electrons. The molecule has 1 aliphatic rings. The van der Waals surface area contributed by atoms with E-state index in [1.54, 1.807) is 31.2 Å². The molecule has 1 heterocycles. The Labute approximate surface area is 174 Å². The van der Waals surface area contributed by atoms with Gasteiger partial charge in [0, 0.05) is 24.3 Å². The summed E-state index contributed by atoms with van der Waals surface area (Å²) >= 11 is 0. The van der Waals surface area contributed by atoms with E-state index in [0.29, 0.717) is 43.3 Å². The number of nitrogens with two attached hydrogens (primary N) is 1. The van der Waals surface area contributed by atoms with Crippen LogP contribution in [0.2, 0.25) is 0 Å². The molecule has 1 aliphatic heterocycles. The summed E-state index contributed by atoms with van der Waals surface area (Å²) in [5.74, 6) is -0.611. The van der Waals surface area contributed by atoms with E-state index in [1.807, 2.05) is 0 Å². The molecule has 0 saturated carbocycles. The maximum Gasteiger partial charge on any atom is 0.265 e. The lowest BCUT2D eigenvalue weighted by molar-refractivity contribution is -0.122. The van der Waals surface area contributed by atoms with Crippen LogP contribution in [0, 0.1) is 0 Å². The van der Waals surface area contributed by atoms with Crippen LogP contribution in [0.5, 0.6) is 5.75 Å². The quantitative estimate of drug-likeness (QED) is 0.676. The second kappa shape index (κ2) is 9.24. The van der Waals surface area contributed by atoms with Crippen molar-refractivity contribution in [2.24, 2.45) is 5.73 Å². The first-order chi connectivity index (χ1) is 14.3. The molecule has 1 atom stereocenters. The van der Waals surface area contributed by atoms with Crippen molar-refractivity contribution in [3.05, 3.63) is 54.1 Å². The summed E-state index contributed by atoms with van der Waals surface area (Å²) in [5, 5.41) is 2.66. The first-order valence-corrected chi connectivity index (χ1v) is 10.8. The molecular formula is C20H23N3O6S. The van der Waals surface area contributed by atoms with Crippen molar-refractivity contribution in [3.63, 3.8) is 0 Å². The molecule has 30 heavy (non-hydrogen) atoms. The number of nitrogens with one attached hydrogen (secondary N) is 1. The van der Waals surface area contributed by atoms with Gasteiger partial charge in [-0.05, 0) is 49.4 Å². The molecule has 9 nitrogen and oxygen atoms in total. The molecule has 3 N–H and O–H groups in total. The number of anilines is 1. The van der Waals surface area contributed by atoms with Gasteiger partial charge in [-0.1, -0.05) is 6.07 Å². The molecule has 0 spiro atoms. The average Bonchev–Trinajstić information content (AvgIpc) is 2.75. The van der Waals surface area contributed by atoms with Gasteiger partial charge in [0.25, 0.3) is 5.91 Å². The fourth-order valence-corrected chi connectivity index (χ4v) is 4.32. The Hall–Kier alpha value is -2.95. The van der Waals surface area contributed by atoms with E-state index in [2.05, 4.69) is 5.32 Å². The summed E-state index contributed by atoms with van der Waals surface area (Å²) < 4.78 is 37.7. The number of sulfonamides is 1. The molecule has 160 valence electrons. The van der Waals surface area contributed by atoms with E-state index < -0.39 is 27.9 Å². The van der Waals surface area contributed by atoms with Crippen molar-refractivity contribution in [2.45, 2.75) is 17.9 Å². The number of benzene rings is 2. The minimum atomic E-state index is -3.67. The molecule has 1 fully saturated rings. The van der Waals surface area contributed by atoms with Gasteiger partial charge in [0.1, 0.15) is 5.75 Å². The Morgan fingerprint density at radius 3 is 2.43 bits per heavy atom. The number of carbonyl (C=O) groups is 2. The molecule has 2 aromatic carbocycles. The Morgan fingerprint density at radius 2 is 1.80 bits per heavy atom. The number of amides is 2. The summed E-state index contributed by atoms with van der Waals surface area (Å²) in [5.41, 5.74) is 5.87. The van der Waals surface area contributed by atoms with E-state index in [4.69, 9.17) is 15.2 Å². The number of hydrogen-bond acceptors (Lipinski definition) is 6. The normalized spacial score (nSPS) is 15.9. The summed E-state index contributed by atoms with van der Waals surface area (Å²) in [6, 6.07) is 12.2. The predicted octanol–water partition coefficient (Wildman–Crippen LogP) is 1.21. The third-order valence-corrected chi connectivity index (χ3v) is 6.42. The minimum Gasteiger partial charge on any atom is -0.481 e. The summed E-state index contributed by atoms with van der Waals surface area (Å²) in [7, 11) is -3.67. The standard InChI is InChI=1S/C20H23N3O6S/c1-14(29-17-7-5-15(6-8-17)19(21)24)20(25)22-16-3-2-4-18(13-16)30(26,27)23-9-11-28-12-10-23/h2-8,13-14H,9-12H2,1H3,(H2,21,24)(H,22,25)/t14-/m0/s1.